The zero-order valence-corrected chi connectivity index (χ0v) is 22.2. The molecule has 0 amide bonds. The highest BCUT2D eigenvalue weighted by Gasteiger charge is 2.20. The molecule has 0 aliphatic heterocycles. The van der Waals surface area contributed by atoms with E-state index < -0.39 is 20.0 Å². The monoisotopic (exact) mass is 488 g/mol. The Labute approximate surface area is 197 Å². The summed E-state index contributed by atoms with van der Waals surface area (Å²) in [5.74, 6) is 0.258. The zero-order valence-electron chi connectivity index (χ0n) is 20.6. The first-order valence-electron chi connectivity index (χ1n) is 12.2. The van der Waals surface area contributed by atoms with Crippen molar-refractivity contribution in [2.24, 2.45) is 0 Å². The lowest BCUT2D eigenvalue weighted by molar-refractivity contribution is 0.580. The Balaban J connectivity index is 2.60. The Morgan fingerprint density at radius 1 is 0.531 bits per heavy atom. The average molecular weight is 489 g/mol. The predicted octanol–water partition coefficient (Wildman–Crippen LogP) is 5.94. The van der Waals surface area contributed by atoms with Gasteiger partial charge in [-0.1, -0.05) is 78.1 Å². The van der Waals surface area contributed by atoms with Crippen LogP contribution >= 0.6 is 0 Å². The van der Waals surface area contributed by atoms with Crippen molar-refractivity contribution in [3.63, 3.8) is 0 Å². The summed E-state index contributed by atoms with van der Waals surface area (Å²) in [5.41, 5.74) is 1.09. The van der Waals surface area contributed by atoms with Gasteiger partial charge in [0.15, 0.2) is 0 Å². The van der Waals surface area contributed by atoms with Crippen molar-refractivity contribution in [1.29, 1.82) is 0 Å². The van der Waals surface area contributed by atoms with Crippen molar-refractivity contribution >= 4 is 31.4 Å². The smallest absolute Gasteiger partial charge is 0.234 e. The maximum absolute atomic E-state index is 12.6. The molecular weight excluding hydrogens is 444 g/mol. The number of benzene rings is 1. The van der Waals surface area contributed by atoms with Crippen LogP contribution in [0, 0.1) is 0 Å². The van der Waals surface area contributed by atoms with Crippen LogP contribution in [0.15, 0.2) is 24.3 Å². The Hall–Kier alpha value is -1.28. The van der Waals surface area contributed by atoms with E-state index in [0.717, 1.165) is 38.5 Å². The molecule has 0 atom stereocenters. The molecule has 1 aromatic rings. The summed E-state index contributed by atoms with van der Waals surface area (Å²) in [7, 11) is -3.66. The van der Waals surface area contributed by atoms with Gasteiger partial charge in [-0.25, -0.2) is 16.8 Å². The molecule has 0 saturated heterocycles. The van der Waals surface area contributed by atoms with Crippen LogP contribution in [0.1, 0.15) is 90.9 Å². The molecule has 0 bridgehead atoms. The minimum Gasteiger partial charge on any atom is -0.273 e. The fourth-order valence-electron chi connectivity index (χ4n) is 3.60. The van der Waals surface area contributed by atoms with Crippen LogP contribution in [0.3, 0.4) is 0 Å². The third-order valence-electron chi connectivity index (χ3n) is 5.92. The average Bonchev–Trinajstić information content (AvgIpc) is 2.77. The maximum Gasteiger partial charge on any atom is 0.234 e. The van der Waals surface area contributed by atoms with Crippen LogP contribution in [0.2, 0.25) is 0 Å². The van der Waals surface area contributed by atoms with Gasteiger partial charge in [0.1, 0.15) is 0 Å². The predicted molar refractivity (Wildman–Crippen MR) is 138 cm³/mol. The molecule has 0 aliphatic rings. The van der Waals surface area contributed by atoms with Crippen LogP contribution < -0.4 is 8.61 Å². The molecule has 0 fully saturated rings. The summed E-state index contributed by atoms with van der Waals surface area (Å²) in [6.07, 6.45) is 12.4. The van der Waals surface area contributed by atoms with Gasteiger partial charge in [-0.3, -0.25) is 8.61 Å². The Morgan fingerprint density at radius 3 is 1.12 bits per heavy atom. The second-order valence-corrected chi connectivity index (χ2v) is 12.9. The van der Waals surface area contributed by atoms with Crippen molar-refractivity contribution in [3.05, 3.63) is 24.3 Å². The molecule has 0 N–H and O–H groups in total. The third-order valence-corrected chi connectivity index (χ3v) is 9.62. The number of unbranched alkanes of at least 4 members (excludes halogenated alkanes) is 10. The number of hydrogen-bond donors (Lipinski definition) is 0. The summed E-state index contributed by atoms with van der Waals surface area (Å²) in [5, 5.41) is 0. The second-order valence-electron chi connectivity index (χ2n) is 8.62. The van der Waals surface area contributed by atoms with Crippen molar-refractivity contribution in [1.82, 2.24) is 0 Å². The van der Waals surface area contributed by atoms with Gasteiger partial charge in [0.25, 0.3) is 0 Å². The number of nitrogens with zero attached hydrogens (tertiary/aromatic N) is 2. The normalized spacial score (nSPS) is 12.1. The molecule has 0 radical (unpaired) electrons. The summed E-state index contributed by atoms with van der Waals surface area (Å²) >= 11 is 0. The van der Waals surface area contributed by atoms with E-state index in [1.807, 2.05) is 0 Å². The number of anilines is 2. The third kappa shape index (κ3) is 10.1. The molecule has 0 spiro atoms. The molecule has 186 valence electrons. The molecule has 1 aromatic carbocycles. The highest BCUT2D eigenvalue weighted by atomic mass is 32.2. The molecule has 0 unspecified atom stereocenters. The van der Waals surface area contributed by atoms with Crippen LogP contribution in [-0.2, 0) is 20.0 Å². The minimum absolute atomic E-state index is 0.129. The first kappa shape index (κ1) is 28.8. The SMILES string of the molecule is CCCCCCCCS(=O)(=O)N(C)c1ccc(N(C)S(=O)(=O)CCCCCCCC)cc1. The van der Waals surface area contributed by atoms with Crippen LogP contribution in [0.25, 0.3) is 0 Å². The molecular formula is C24H44N2O4S2. The zero-order chi connectivity index (χ0) is 24.0. The van der Waals surface area contributed by atoms with Gasteiger partial charge in [-0.05, 0) is 37.1 Å². The molecule has 8 heteroatoms. The highest BCUT2D eigenvalue weighted by Crippen LogP contribution is 2.24. The van der Waals surface area contributed by atoms with Gasteiger partial charge in [0.05, 0.1) is 22.9 Å². The lowest BCUT2D eigenvalue weighted by Crippen LogP contribution is -2.30. The molecule has 0 heterocycles. The summed E-state index contributed by atoms with van der Waals surface area (Å²) in [4.78, 5) is 0. The lowest BCUT2D eigenvalue weighted by Gasteiger charge is -2.22. The molecule has 1 rings (SSSR count). The number of sulfonamides is 2. The summed E-state index contributed by atoms with van der Waals surface area (Å²) in [6, 6.07) is 6.69. The van der Waals surface area contributed by atoms with E-state index in [9.17, 15) is 16.8 Å². The summed E-state index contributed by atoms with van der Waals surface area (Å²) in [6.45, 7) is 4.32. The minimum atomic E-state index is -3.39. The van der Waals surface area contributed by atoms with E-state index in [4.69, 9.17) is 0 Å². The fourth-order valence-corrected chi connectivity index (χ4v) is 6.17. The first-order chi connectivity index (χ1) is 15.2. The van der Waals surface area contributed by atoms with E-state index >= 15 is 0 Å². The van der Waals surface area contributed by atoms with Gasteiger partial charge in [0, 0.05) is 14.1 Å². The van der Waals surface area contributed by atoms with E-state index in [2.05, 4.69) is 13.8 Å². The summed E-state index contributed by atoms with van der Waals surface area (Å²) < 4.78 is 53.1. The fraction of sp³-hybridized carbons (Fsp3) is 0.750. The maximum atomic E-state index is 12.6. The number of hydrogen-bond acceptors (Lipinski definition) is 4. The van der Waals surface area contributed by atoms with Crippen molar-refractivity contribution in [3.8, 4) is 0 Å². The lowest BCUT2D eigenvalue weighted by atomic mass is 10.1. The van der Waals surface area contributed by atoms with Gasteiger partial charge in [-0.15, -0.1) is 0 Å². The van der Waals surface area contributed by atoms with Gasteiger partial charge in [-0.2, -0.15) is 0 Å². The van der Waals surface area contributed by atoms with Gasteiger partial charge in [0.2, 0.25) is 20.0 Å². The van der Waals surface area contributed by atoms with Crippen LogP contribution in [0.5, 0.6) is 0 Å². The quantitative estimate of drug-likeness (QED) is 0.240. The largest absolute Gasteiger partial charge is 0.273 e. The molecule has 6 nitrogen and oxygen atoms in total. The van der Waals surface area contributed by atoms with Crippen molar-refractivity contribution < 1.29 is 16.8 Å². The Morgan fingerprint density at radius 2 is 0.812 bits per heavy atom. The van der Waals surface area contributed by atoms with E-state index in [0.29, 0.717) is 24.2 Å². The molecule has 32 heavy (non-hydrogen) atoms. The van der Waals surface area contributed by atoms with Crippen LogP contribution in [-0.4, -0.2) is 42.4 Å². The standard InChI is InChI=1S/C24H44N2O4S2/c1-5-7-9-11-13-15-21-31(27,28)25(3)23-17-19-24(20-18-23)26(4)32(29,30)22-16-14-12-10-8-6-2/h17-20H,5-16,21-22H2,1-4H3. The van der Waals surface area contributed by atoms with Gasteiger partial charge < -0.3 is 0 Å². The molecule has 0 aliphatic carbocycles. The van der Waals surface area contributed by atoms with Crippen molar-refractivity contribution in [2.75, 3.05) is 34.2 Å². The van der Waals surface area contributed by atoms with Crippen molar-refractivity contribution in [2.45, 2.75) is 90.9 Å². The number of rotatable bonds is 18. The first-order valence-corrected chi connectivity index (χ1v) is 15.4. The second kappa shape index (κ2) is 14.8. The van der Waals surface area contributed by atoms with Gasteiger partial charge >= 0.3 is 0 Å². The Bertz CT molecular complexity index is 766. The highest BCUT2D eigenvalue weighted by molar-refractivity contribution is 7.93. The topological polar surface area (TPSA) is 74.8 Å². The van der Waals surface area contributed by atoms with E-state index in [-0.39, 0.29) is 11.5 Å². The molecule has 0 saturated carbocycles. The Kier molecular flexibility index (Phi) is 13.3. The van der Waals surface area contributed by atoms with E-state index in [1.54, 1.807) is 38.4 Å². The van der Waals surface area contributed by atoms with Crippen LogP contribution in [0.4, 0.5) is 11.4 Å². The van der Waals surface area contributed by atoms with E-state index in [1.165, 1.54) is 34.3 Å². The molecule has 0 aromatic heterocycles.